The van der Waals surface area contributed by atoms with Gasteiger partial charge < -0.3 is 28.4 Å². The van der Waals surface area contributed by atoms with E-state index in [9.17, 15) is 9.59 Å². The number of hydrogen-bond donors (Lipinski definition) is 0. The molecule has 0 unspecified atom stereocenters. The van der Waals surface area contributed by atoms with Gasteiger partial charge in [-0.3, -0.25) is 19.4 Å². The van der Waals surface area contributed by atoms with Crippen LogP contribution in [0.5, 0.6) is 23.5 Å². The molecule has 52 heavy (non-hydrogen) atoms. The molecule has 12 heteroatoms. The molecule has 2 aliphatic rings. The Kier molecular flexibility index (Phi) is 13.2. The Bertz CT molecular complexity index is 1680. The molecule has 274 valence electrons. The van der Waals surface area contributed by atoms with E-state index in [-0.39, 0.29) is 11.8 Å². The van der Waals surface area contributed by atoms with Crippen LogP contribution in [0.1, 0.15) is 43.0 Å². The highest BCUT2D eigenvalue weighted by Gasteiger charge is 2.16. The second-order valence-corrected chi connectivity index (χ2v) is 12.7. The lowest BCUT2D eigenvalue weighted by atomic mass is 9.92. The third-order valence-electron chi connectivity index (χ3n) is 9.42. The number of aromatic nitrogens is 2. The molecule has 2 fully saturated rings. The van der Waals surface area contributed by atoms with Gasteiger partial charge in [0.2, 0.25) is 23.5 Å². The number of rotatable bonds is 17. The number of pyridine rings is 2. The van der Waals surface area contributed by atoms with Crippen LogP contribution in [0.25, 0.3) is 11.1 Å². The van der Waals surface area contributed by atoms with Crippen molar-refractivity contribution in [3.8, 4) is 34.6 Å². The lowest BCUT2D eigenvalue weighted by Crippen LogP contribution is -2.38. The average molecular weight is 711 g/mol. The first-order chi connectivity index (χ1) is 25.5. The number of benzene rings is 2. The van der Waals surface area contributed by atoms with Crippen LogP contribution in [0.2, 0.25) is 0 Å². The molecule has 0 saturated carbocycles. The van der Waals surface area contributed by atoms with E-state index in [1.807, 2.05) is 24.3 Å². The summed E-state index contributed by atoms with van der Waals surface area (Å²) in [5.74, 6) is 1.30. The Morgan fingerprint density at radius 2 is 1.02 bits per heavy atom. The van der Waals surface area contributed by atoms with Gasteiger partial charge in [0, 0.05) is 51.4 Å². The van der Waals surface area contributed by atoms with Gasteiger partial charge in [0.05, 0.1) is 37.6 Å². The number of ether oxygens (including phenoxy) is 6. The fourth-order valence-electron chi connectivity index (χ4n) is 6.20. The minimum atomic E-state index is 0.267. The van der Waals surface area contributed by atoms with Crippen molar-refractivity contribution in [3.63, 3.8) is 0 Å². The van der Waals surface area contributed by atoms with Gasteiger partial charge in [-0.25, -0.2) is 0 Å². The minimum Gasteiger partial charge on any atom is -0.476 e. The van der Waals surface area contributed by atoms with E-state index in [0.717, 1.165) is 85.2 Å². The molecule has 2 aliphatic heterocycles. The molecule has 0 bridgehead atoms. The largest absolute Gasteiger partial charge is 0.476 e. The van der Waals surface area contributed by atoms with Crippen molar-refractivity contribution in [2.24, 2.45) is 0 Å². The molecule has 4 heterocycles. The third-order valence-corrected chi connectivity index (χ3v) is 9.42. The molecular weight excluding hydrogens is 664 g/mol. The lowest BCUT2D eigenvalue weighted by Gasteiger charge is -2.26. The standard InChI is InChI=1S/C40H46N4O8/c1-29-33(27-51-37-11-9-31(25-45)39(41-37)49-23-17-43-13-19-47-20-14-43)5-3-7-35(29)36-8-4-6-34(30(36)2)28-52-38-12-10-32(26-46)40(42-38)50-24-18-44-15-21-48-22-16-44/h3-12,25-26H,13-24,27-28H2,1-2H3. The van der Waals surface area contributed by atoms with Crippen molar-refractivity contribution >= 4 is 12.6 Å². The van der Waals surface area contributed by atoms with Gasteiger partial charge in [0.1, 0.15) is 26.4 Å². The van der Waals surface area contributed by atoms with Crippen molar-refractivity contribution in [2.45, 2.75) is 27.1 Å². The summed E-state index contributed by atoms with van der Waals surface area (Å²) in [6.45, 7) is 13.3. The van der Waals surface area contributed by atoms with Crippen LogP contribution in [0, 0.1) is 13.8 Å². The number of carbonyl (C=O) groups excluding carboxylic acids is 2. The van der Waals surface area contributed by atoms with Crippen LogP contribution in [-0.4, -0.2) is 111 Å². The maximum absolute atomic E-state index is 11.7. The number of carbonyl (C=O) groups is 2. The molecule has 4 aromatic rings. The quantitative estimate of drug-likeness (QED) is 0.138. The summed E-state index contributed by atoms with van der Waals surface area (Å²) in [6.07, 6.45) is 1.49. The van der Waals surface area contributed by atoms with E-state index in [1.54, 1.807) is 24.3 Å². The van der Waals surface area contributed by atoms with Crippen LogP contribution in [0.15, 0.2) is 60.7 Å². The number of aldehydes is 2. The number of hydrogen-bond acceptors (Lipinski definition) is 12. The van der Waals surface area contributed by atoms with Gasteiger partial charge in [-0.1, -0.05) is 36.4 Å². The molecule has 2 saturated heterocycles. The van der Waals surface area contributed by atoms with Crippen LogP contribution >= 0.6 is 0 Å². The van der Waals surface area contributed by atoms with E-state index in [0.29, 0.717) is 75.7 Å². The first-order valence-electron chi connectivity index (χ1n) is 17.7. The zero-order valence-electron chi connectivity index (χ0n) is 29.9. The molecule has 0 radical (unpaired) electrons. The second-order valence-electron chi connectivity index (χ2n) is 12.7. The molecule has 0 N–H and O–H groups in total. The van der Waals surface area contributed by atoms with Gasteiger partial charge in [0.15, 0.2) is 12.6 Å². The fourth-order valence-corrected chi connectivity index (χ4v) is 6.20. The van der Waals surface area contributed by atoms with Crippen molar-refractivity contribution < 1.29 is 38.0 Å². The van der Waals surface area contributed by atoms with E-state index in [4.69, 9.17) is 28.4 Å². The molecular formula is C40H46N4O8. The van der Waals surface area contributed by atoms with Crippen molar-refractivity contribution in [1.29, 1.82) is 0 Å². The predicted octanol–water partition coefficient (Wildman–Crippen LogP) is 4.97. The highest BCUT2D eigenvalue weighted by Crippen LogP contribution is 2.31. The molecule has 0 aliphatic carbocycles. The first-order valence-corrected chi connectivity index (χ1v) is 17.7. The summed E-state index contributed by atoms with van der Waals surface area (Å²) in [5, 5.41) is 0. The van der Waals surface area contributed by atoms with Gasteiger partial charge in [-0.2, -0.15) is 9.97 Å². The smallest absolute Gasteiger partial charge is 0.227 e. The summed E-state index contributed by atoms with van der Waals surface area (Å²) < 4.78 is 34.9. The topological polar surface area (TPSA) is 122 Å². The van der Waals surface area contributed by atoms with Gasteiger partial charge in [0.25, 0.3) is 0 Å². The molecule has 2 aromatic heterocycles. The Balaban J connectivity index is 1.08. The zero-order valence-corrected chi connectivity index (χ0v) is 29.9. The molecule has 0 spiro atoms. The number of morpholine rings is 2. The third kappa shape index (κ3) is 9.71. The SMILES string of the molecule is Cc1c(COc2ccc(C=O)c(OCCN3CCOCC3)n2)cccc1-c1cccc(COc2ccc(C=O)c(OCCN3CCOCC3)n2)c1C. The summed E-state index contributed by atoms with van der Waals surface area (Å²) in [5.41, 5.74) is 7.12. The van der Waals surface area contributed by atoms with E-state index >= 15 is 0 Å². The van der Waals surface area contributed by atoms with Crippen LogP contribution in [0.3, 0.4) is 0 Å². The fraction of sp³-hybridized carbons (Fsp3) is 0.400. The highest BCUT2D eigenvalue weighted by molar-refractivity contribution is 5.79. The van der Waals surface area contributed by atoms with Crippen LogP contribution in [0.4, 0.5) is 0 Å². The van der Waals surface area contributed by atoms with E-state index in [2.05, 4.69) is 45.7 Å². The molecule has 0 amide bonds. The molecule has 12 nitrogen and oxygen atoms in total. The highest BCUT2D eigenvalue weighted by atomic mass is 16.5. The Labute approximate surface area is 304 Å². The summed E-state index contributed by atoms with van der Waals surface area (Å²) in [7, 11) is 0. The lowest BCUT2D eigenvalue weighted by molar-refractivity contribution is 0.0318. The van der Waals surface area contributed by atoms with Gasteiger partial charge in [-0.15, -0.1) is 0 Å². The van der Waals surface area contributed by atoms with E-state index in [1.165, 1.54) is 0 Å². The monoisotopic (exact) mass is 710 g/mol. The van der Waals surface area contributed by atoms with Crippen molar-refractivity contribution in [2.75, 3.05) is 78.9 Å². The van der Waals surface area contributed by atoms with Crippen molar-refractivity contribution in [3.05, 3.63) is 94.0 Å². The summed E-state index contributed by atoms with van der Waals surface area (Å²) in [6, 6.07) is 19.0. The van der Waals surface area contributed by atoms with Crippen LogP contribution < -0.4 is 18.9 Å². The minimum absolute atomic E-state index is 0.267. The predicted molar refractivity (Wildman–Crippen MR) is 195 cm³/mol. The number of nitrogens with zero attached hydrogens (tertiary/aromatic N) is 4. The Hall–Kier alpha value is -4.88. The van der Waals surface area contributed by atoms with Gasteiger partial charge in [-0.05, 0) is 59.4 Å². The van der Waals surface area contributed by atoms with Crippen LogP contribution in [-0.2, 0) is 22.7 Å². The van der Waals surface area contributed by atoms with E-state index < -0.39 is 0 Å². The molecule has 0 atom stereocenters. The average Bonchev–Trinajstić information content (AvgIpc) is 3.18. The maximum atomic E-state index is 11.7. The van der Waals surface area contributed by atoms with Gasteiger partial charge >= 0.3 is 0 Å². The molecule has 6 rings (SSSR count). The second kappa shape index (κ2) is 18.6. The summed E-state index contributed by atoms with van der Waals surface area (Å²) in [4.78, 5) is 36.9. The first kappa shape index (κ1) is 36.9. The Morgan fingerprint density at radius 1 is 0.596 bits per heavy atom. The Morgan fingerprint density at radius 3 is 1.42 bits per heavy atom. The van der Waals surface area contributed by atoms with Crippen molar-refractivity contribution in [1.82, 2.24) is 19.8 Å². The molecule has 2 aromatic carbocycles. The summed E-state index contributed by atoms with van der Waals surface area (Å²) >= 11 is 0. The normalized spacial score (nSPS) is 15.2. The maximum Gasteiger partial charge on any atom is 0.227 e. The zero-order chi connectivity index (χ0) is 36.1.